The van der Waals surface area contributed by atoms with Gasteiger partial charge in [-0.25, -0.2) is 4.79 Å². The summed E-state index contributed by atoms with van der Waals surface area (Å²) in [5, 5.41) is 17.1. The van der Waals surface area contributed by atoms with Gasteiger partial charge in [0.2, 0.25) is 17.7 Å². The van der Waals surface area contributed by atoms with E-state index in [0.29, 0.717) is 18.6 Å². The largest absolute Gasteiger partial charge is 0.480 e. The minimum absolute atomic E-state index is 0.109. The zero-order valence-electron chi connectivity index (χ0n) is 20.7. The van der Waals surface area contributed by atoms with Crippen LogP contribution in [0.25, 0.3) is 0 Å². The summed E-state index contributed by atoms with van der Waals surface area (Å²) in [7, 11) is 0. The number of amides is 3. The summed E-state index contributed by atoms with van der Waals surface area (Å²) in [6.07, 6.45) is 2.97. The van der Waals surface area contributed by atoms with Crippen molar-refractivity contribution in [3.05, 3.63) is 0 Å². The zero-order valence-corrected chi connectivity index (χ0v) is 21.6. The summed E-state index contributed by atoms with van der Waals surface area (Å²) in [4.78, 5) is 57.4. The molecule has 0 aliphatic carbocycles. The van der Waals surface area contributed by atoms with Crippen LogP contribution in [0.5, 0.6) is 0 Å². The number of nitrogens with one attached hydrogen (secondary N) is 3. The lowest BCUT2D eigenvalue weighted by Gasteiger charge is -2.25. The molecular formula is C20H40N10O5S. The van der Waals surface area contributed by atoms with Crippen LogP contribution in [0, 0.1) is 0 Å². The number of aliphatic imine (C=N–C) groups is 2. The van der Waals surface area contributed by atoms with Crippen LogP contribution in [0.1, 0.15) is 39.0 Å². The normalized spacial score (nSPS) is 13.9. The van der Waals surface area contributed by atoms with Crippen molar-refractivity contribution < 1.29 is 24.3 Å². The second-order valence-electron chi connectivity index (χ2n) is 7.99. The molecule has 0 spiro atoms. The van der Waals surface area contributed by atoms with Crippen molar-refractivity contribution in [1.29, 1.82) is 0 Å². The van der Waals surface area contributed by atoms with Gasteiger partial charge < -0.3 is 49.7 Å². The molecule has 16 heteroatoms. The smallest absolute Gasteiger partial charge is 0.326 e. The number of rotatable bonds is 18. The molecule has 0 aromatic carbocycles. The number of nitrogens with two attached hydrogens (primary N) is 5. The van der Waals surface area contributed by atoms with Crippen LogP contribution in [0.2, 0.25) is 0 Å². The topological polar surface area (TPSA) is 279 Å². The number of hydrogen-bond acceptors (Lipinski definition) is 8. The Hall–Kier alpha value is -3.27. The molecular weight excluding hydrogens is 492 g/mol. The Kier molecular flexibility index (Phi) is 16.4. The molecule has 0 saturated heterocycles. The van der Waals surface area contributed by atoms with Gasteiger partial charge in [0, 0.05) is 13.1 Å². The number of carbonyl (C=O) groups excluding carboxylic acids is 3. The molecule has 0 heterocycles. The Bertz CT molecular complexity index is 785. The molecule has 4 unspecified atom stereocenters. The van der Waals surface area contributed by atoms with Crippen molar-refractivity contribution in [1.82, 2.24) is 16.0 Å². The van der Waals surface area contributed by atoms with Crippen LogP contribution in [0.15, 0.2) is 9.98 Å². The Labute approximate surface area is 214 Å². The first-order chi connectivity index (χ1) is 16.9. The molecule has 14 N–H and O–H groups in total. The lowest BCUT2D eigenvalue weighted by atomic mass is 10.1. The number of hydrogen-bond donors (Lipinski definition) is 9. The van der Waals surface area contributed by atoms with Crippen molar-refractivity contribution in [2.75, 3.05) is 25.1 Å². The summed E-state index contributed by atoms with van der Waals surface area (Å²) >= 11 is 1.44. The fourth-order valence-corrected chi connectivity index (χ4v) is 3.36. The average molecular weight is 533 g/mol. The maximum absolute atomic E-state index is 13.1. The Morgan fingerprint density at radius 2 is 1.19 bits per heavy atom. The van der Waals surface area contributed by atoms with E-state index in [1.807, 2.05) is 6.26 Å². The number of carbonyl (C=O) groups is 4. The minimum Gasteiger partial charge on any atom is -0.480 e. The highest BCUT2D eigenvalue weighted by molar-refractivity contribution is 7.98. The molecule has 15 nitrogen and oxygen atoms in total. The van der Waals surface area contributed by atoms with E-state index in [-0.39, 0.29) is 44.3 Å². The molecule has 0 bridgehead atoms. The van der Waals surface area contributed by atoms with Gasteiger partial charge in [0.15, 0.2) is 11.9 Å². The second kappa shape index (κ2) is 18.1. The Morgan fingerprint density at radius 1 is 0.778 bits per heavy atom. The highest BCUT2D eigenvalue weighted by atomic mass is 32.2. The van der Waals surface area contributed by atoms with Gasteiger partial charge in [-0.05, 0) is 51.0 Å². The van der Waals surface area contributed by atoms with Gasteiger partial charge in [0.05, 0.1) is 6.04 Å². The summed E-state index contributed by atoms with van der Waals surface area (Å²) in [6, 6.07) is -4.13. The first-order valence-electron chi connectivity index (χ1n) is 11.4. The highest BCUT2D eigenvalue weighted by Crippen LogP contribution is 2.06. The molecule has 4 atom stereocenters. The van der Waals surface area contributed by atoms with Crippen molar-refractivity contribution in [2.45, 2.75) is 63.2 Å². The number of nitrogens with zero attached hydrogens (tertiary/aromatic N) is 2. The van der Waals surface area contributed by atoms with Crippen LogP contribution >= 0.6 is 11.8 Å². The average Bonchev–Trinajstić information content (AvgIpc) is 2.79. The van der Waals surface area contributed by atoms with E-state index in [2.05, 4.69) is 25.9 Å². The van der Waals surface area contributed by atoms with Crippen LogP contribution in [0.3, 0.4) is 0 Å². The Morgan fingerprint density at radius 3 is 1.56 bits per heavy atom. The van der Waals surface area contributed by atoms with E-state index in [9.17, 15) is 24.3 Å². The second-order valence-corrected chi connectivity index (χ2v) is 8.98. The summed E-state index contributed by atoms with van der Waals surface area (Å²) in [5.41, 5.74) is 26.9. The van der Waals surface area contributed by atoms with E-state index in [1.165, 1.54) is 18.7 Å². The standard InChI is InChI=1S/C20H40N10O5S/c1-11(21)15(31)28-12(5-3-8-26-19(22)23)16(32)29-13(6-4-9-27-20(24)25)17(33)30-14(18(34)35)7-10-36-2/h11-14H,3-10,21H2,1-2H3,(H,28,31)(H,29,32)(H,30,33)(H,34,35)(H4,22,23,26)(H4,24,25,27). The number of carboxylic acid groups (broad SMARTS) is 1. The van der Waals surface area contributed by atoms with Crippen molar-refractivity contribution in [2.24, 2.45) is 38.7 Å². The van der Waals surface area contributed by atoms with E-state index in [0.717, 1.165) is 0 Å². The molecule has 0 aliphatic rings. The van der Waals surface area contributed by atoms with Gasteiger partial charge in [-0.1, -0.05) is 0 Å². The van der Waals surface area contributed by atoms with E-state index in [1.54, 1.807) is 0 Å². The third-order valence-corrected chi connectivity index (χ3v) is 5.44. The summed E-state index contributed by atoms with van der Waals surface area (Å²) in [6.45, 7) is 1.88. The first kappa shape index (κ1) is 32.7. The molecule has 206 valence electrons. The zero-order chi connectivity index (χ0) is 27.7. The van der Waals surface area contributed by atoms with Gasteiger partial charge >= 0.3 is 5.97 Å². The molecule has 0 radical (unpaired) electrons. The van der Waals surface area contributed by atoms with Gasteiger partial charge in [-0.2, -0.15) is 11.8 Å². The van der Waals surface area contributed by atoms with Gasteiger partial charge in [0.25, 0.3) is 0 Å². The van der Waals surface area contributed by atoms with E-state index < -0.39 is 47.9 Å². The number of guanidine groups is 2. The van der Waals surface area contributed by atoms with E-state index >= 15 is 0 Å². The van der Waals surface area contributed by atoms with Crippen LogP contribution in [-0.2, 0) is 19.2 Å². The lowest BCUT2D eigenvalue weighted by Crippen LogP contribution is -2.57. The monoisotopic (exact) mass is 532 g/mol. The third-order valence-electron chi connectivity index (χ3n) is 4.80. The predicted octanol–water partition coefficient (Wildman–Crippen LogP) is -3.27. The minimum atomic E-state index is -1.19. The van der Waals surface area contributed by atoms with E-state index in [4.69, 9.17) is 28.7 Å². The number of aliphatic carboxylic acids is 1. The van der Waals surface area contributed by atoms with Gasteiger partial charge in [0.1, 0.15) is 18.1 Å². The highest BCUT2D eigenvalue weighted by Gasteiger charge is 2.29. The number of carboxylic acids is 1. The Balaban J connectivity index is 5.58. The summed E-state index contributed by atoms with van der Waals surface area (Å²) < 4.78 is 0. The fraction of sp³-hybridized carbons (Fsp3) is 0.700. The molecule has 0 fully saturated rings. The number of thioether (sulfide) groups is 1. The molecule has 0 aromatic heterocycles. The maximum atomic E-state index is 13.1. The predicted molar refractivity (Wildman–Crippen MR) is 140 cm³/mol. The van der Waals surface area contributed by atoms with Gasteiger partial charge in [-0.15, -0.1) is 0 Å². The quantitative estimate of drug-likeness (QED) is 0.0479. The molecule has 0 aromatic rings. The van der Waals surface area contributed by atoms with Crippen LogP contribution in [0.4, 0.5) is 0 Å². The molecule has 0 aliphatic heterocycles. The van der Waals surface area contributed by atoms with Crippen molar-refractivity contribution in [3.8, 4) is 0 Å². The maximum Gasteiger partial charge on any atom is 0.326 e. The molecule has 0 saturated carbocycles. The van der Waals surface area contributed by atoms with Crippen LogP contribution in [-0.4, -0.2) is 90.0 Å². The summed E-state index contributed by atoms with van der Waals surface area (Å²) in [5.74, 6) is -2.80. The third kappa shape index (κ3) is 14.9. The van der Waals surface area contributed by atoms with Crippen LogP contribution < -0.4 is 44.6 Å². The molecule has 3 amide bonds. The van der Waals surface area contributed by atoms with Gasteiger partial charge in [-0.3, -0.25) is 24.4 Å². The first-order valence-corrected chi connectivity index (χ1v) is 12.8. The fourth-order valence-electron chi connectivity index (χ4n) is 2.89. The van der Waals surface area contributed by atoms with Crippen molar-refractivity contribution >= 4 is 47.4 Å². The molecule has 0 rings (SSSR count). The SMILES string of the molecule is CSCCC(NC(=O)C(CCCN=C(N)N)NC(=O)C(CCCN=C(N)N)NC(=O)C(C)N)C(=O)O. The lowest BCUT2D eigenvalue weighted by molar-refractivity contribution is -0.142. The molecule has 36 heavy (non-hydrogen) atoms. The van der Waals surface area contributed by atoms with Crippen molar-refractivity contribution in [3.63, 3.8) is 0 Å².